The molecule has 0 unspecified atom stereocenters. The zero-order chi connectivity index (χ0) is 20.1. The standard InChI is InChI=1S/C23H27N5O/c1-27-17-21(20-10-3-2-4-11-20)22(26-27)25-23(29)24-15-18-8-7-9-19(14-18)16-28-12-5-6-13-28/h2-4,7-11,14,17H,5-6,12-13,15-16H2,1H3,(H2,24,25,26,29). The molecule has 0 atom stereocenters. The van der Waals surface area contributed by atoms with E-state index in [0.29, 0.717) is 12.4 Å². The van der Waals surface area contributed by atoms with E-state index in [0.717, 1.165) is 23.2 Å². The number of anilines is 1. The van der Waals surface area contributed by atoms with Crippen molar-refractivity contribution in [1.29, 1.82) is 0 Å². The van der Waals surface area contributed by atoms with Crippen molar-refractivity contribution in [2.75, 3.05) is 18.4 Å². The maximum atomic E-state index is 12.5. The largest absolute Gasteiger partial charge is 0.334 e. The summed E-state index contributed by atoms with van der Waals surface area (Å²) in [5.41, 5.74) is 4.31. The second-order valence-corrected chi connectivity index (χ2v) is 7.54. The van der Waals surface area contributed by atoms with Crippen molar-refractivity contribution in [3.8, 4) is 11.1 Å². The van der Waals surface area contributed by atoms with Crippen LogP contribution in [0.2, 0.25) is 0 Å². The Morgan fingerprint density at radius 2 is 1.79 bits per heavy atom. The Morgan fingerprint density at radius 3 is 2.59 bits per heavy atom. The lowest BCUT2D eigenvalue weighted by Crippen LogP contribution is -2.28. The van der Waals surface area contributed by atoms with E-state index in [1.54, 1.807) is 4.68 Å². The molecule has 2 N–H and O–H groups in total. The highest BCUT2D eigenvalue weighted by Gasteiger charge is 2.14. The molecule has 0 aliphatic carbocycles. The van der Waals surface area contributed by atoms with Crippen LogP contribution >= 0.6 is 0 Å². The highest BCUT2D eigenvalue weighted by atomic mass is 16.2. The van der Waals surface area contributed by atoms with Crippen LogP contribution in [-0.4, -0.2) is 33.8 Å². The second-order valence-electron chi connectivity index (χ2n) is 7.54. The van der Waals surface area contributed by atoms with Crippen LogP contribution in [0.1, 0.15) is 24.0 Å². The summed E-state index contributed by atoms with van der Waals surface area (Å²) in [4.78, 5) is 14.9. The summed E-state index contributed by atoms with van der Waals surface area (Å²) < 4.78 is 1.71. The molecule has 6 heteroatoms. The van der Waals surface area contributed by atoms with Crippen molar-refractivity contribution in [3.63, 3.8) is 0 Å². The van der Waals surface area contributed by atoms with Gasteiger partial charge in [0.15, 0.2) is 5.82 Å². The predicted octanol–water partition coefficient (Wildman–Crippen LogP) is 4.00. The van der Waals surface area contributed by atoms with Crippen LogP contribution in [0.4, 0.5) is 10.6 Å². The van der Waals surface area contributed by atoms with Gasteiger partial charge in [0.1, 0.15) is 0 Å². The fourth-order valence-corrected chi connectivity index (χ4v) is 3.78. The monoisotopic (exact) mass is 389 g/mol. The number of nitrogens with one attached hydrogen (secondary N) is 2. The third-order valence-electron chi connectivity index (χ3n) is 5.19. The van der Waals surface area contributed by atoms with Gasteiger partial charge in [-0.05, 0) is 42.6 Å². The number of carbonyl (C=O) groups is 1. The topological polar surface area (TPSA) is 62.2 Å². The minimum absolute atomic E-state index is 0.258. The van der Waals surface area contributed by atoms with Gasteiger partial charge in [0.25, 0.3) is 0 Å². The molecule has 0 saturated carbocycles. The molecule has 0 spiro atoms. The first kappa shape index (κ1) is 19.2. The molecule has 150 valence electrons. The molecule has 3 aromatic rings. The van der Waals surface area contributed by atoms with Gasteiger partial charge in [-0.3, -0.25) is 14.9 Å². The quantitative estimate of drug-likeness (QED) is 0.670. The Labute approximate surface area is 171 Å². The van der Waals surface area contributed by atoms with Crippen LogP contribution in [0.15, 0.2) is 60.8 Å². The van der Waals surface area contributed by atoms with Gasteiger partial charge >= 0.3 is 6.03 Å². The normalized spacial score (nSPS) is 14.1. The summed E-state index contributed by atoms with van der Waals surface area (Å²) in [7, 11) is 1.85. The Morgan fingerprint density at radius 1 is 1.03 bits per heavy atom. The van der Waals surface area contributed by atoms with Crippen LogP contribution in [0, 0.1) is 0 Å². The summed E-state index contributed by atoms with van der Waals surface area (Å²) in [6.45, 7) is 3.82. The molecule has 1 aliphatic heterocycles. The predicted molar refractivity (Wildman–Crippen MR) is 115 cm³/mol. The fraction of sp³-hybridized carbons (Fsp3) is 0.304. The number of nitrogens with zero attached hydrogens (tertiary/aromatic N) is 3. The Bertz CT molecular complexity index is 960. The zero-order valence-corrected chi connectivity index (χ0v) is 16.8. The van der Waals surface area contributed by atoms with Crippen molar-refractivity contribution in [2.45, 2.75) is 25.9 Å². The number of rotatable bonds is 6. The van der Waals surface area contributed by atoms with E-state index in [2.05, 4.69) is 38.8 Å². The molecule has 1 fully saturated rings. The van der Waals surface area contributed by atoms with Crippen LogP contribution < -0.4 is 10.6 Å². The van der Waals surface area contributed by atoms with E-state index in [1.807, 2.05) is 49.6 Å². The minimum Gasteiger partial charge on any atom is -0.334 e. The number of hydrogen-bond acceptors (Lipinski definition) is 3. The molecule has 1 aromatic heterocycles. The zero-order valence-electron chi connectivity index (χ0n) is 16.8. The van der Waals surface area contributed by atoms with Crippen molar-refractivity contribution in [1.82, 2.24) is 20.0 Å². The summed E-state index contributed by atoms with van der Waals surface area (Å²) in [5.74, 6) is 0.555. The molecule has 6 nitrogen and oxygen atoms in total. The van der Waals surface area contributed by atoms with Gasteiger partial charge < -0.3 is 5.32 Å². The third kappa shape index (κ3) is 5.03. The molecule has 1 saturated heterocycles. The lowest BCUT2D eigenvalue weighted by molar-refractivity contribution is 0.251. The summed E-state index contributed by atoms with van der Waals surface area (Å²) in [5, 5.41) is 10.2. The van der Waals surface area contributed by atoms with Gasteiger partial charge in [-0.25, -0.2) is 4.79 Å². The van der Waals surface area contributed by atoms with Crippen LogP contribution in [0.3, 0.4) is 0 Å². The number of likely N-dealkylation sites (tertiary alicyclic amines) is 1. The number of amides is 2. The van der Waals surface area contributed by atoms with Gasteiger partial charge in [-0.1, -0.05) is 54.6 Å². The lowest BCUT2D eigenvalue weighted by Gasteiger charge is -2.15. The number of aryl methyl sites for hydroxylation is 1. The van der Waals surface area contributed by atoms with Crippen molar-refractivity contribution in [3.05, 3.63) is 71.9 Å². The fourth-order valence-electron chi connectivity index (χ4n) is 3.78. The molecule has 2 aromatic carbocycles. The van der Waals surface area contributed by atoms with Gasteiger partial charge in [0.05, 0.1) is 0 Å². The molecule has 0 bridgehead atoms. The number of urea groups is 1. The molecule has 0 radical (unpaired) electrons. The first-order chi connectivity index (χ1) is 14.2. The average molecular weight is 390 g/mol. The first-order valence-corrected chi connectivity index (χ1v) is 10.1. The van der Waals surface area contributed by atoms with E-state index < -0.39 is 0 Å². The van der Waals surface area contributed by atoms with Crippen molar-refractivity contribution >= 4 is 11.8 Å². The number of benzene rings is 2. The Balaban J connectivity index is 1.36. The second kappa shape index (κ2) is 8.92. The highest BCUT2D eigenvalue weighted by molar-refractivity contribution is 5.92. The molecule has 29 heavy (non-hydrogen) atoms. The van der Waals surface area contributed by atoms with E-state index in [4.69, 9.17) is 0 Å². The van der Waals surface area contributed by atoms with Gasteiger partial charge in [-0.15, -0.1) is 0 Å². The maximum Gasteiger partial charge on any atom is 0.320 e. The average Bonchev–Trinajstić information content (AvgIpc) is 3.37. The molecule has 2 heterocycles. The number of hydrogen-bond donors (Lipinski definition) is 2. The van der Waals surface area contributed by atoms with Gasteiger partial charge in [-0.2, -0.15) is 5.10 Å². The Kier molecular flexibility index (Phi) is 5.91. The van der Waals surface area contributed by atoms with E-state index in [1.165, 1.54) is 31.5 Å². The molecule has 1 aliphatic rings. The van der Waals surface area contributed by atoms with Crippen LogP contribution in [0.25, 0.3) is 11.1 Å². The lowest BCUT2D eigenvalue weighted by atomic mass is 10.1. The molecular weight excluding hydrogens is 362 g/mol. The first-order valence-electron chi connectivity index (χ1n) is 10.1. The van der Waals surface area contributed by atoms with Crippen LogP contribution in [-0.2, 0) is 20.1 Å². The van der Waals surface area contributed by atoms with Crippen LogP contribution in [0.5, 0.6) is 0 Å². The van der Waals surface area contributed by atoms with E-state index >= 15 is 0 Å². The summed E-state index contributed by atoms with van der Waals surface area (Å²) in [6.07, 6.45) is 4.49. The molecule has 4 rings (SSSR count). The highest BCUT2D eigenvalue weighted by Crippen LogP contribution is 2.26. The Hall–Kier alpha value is -3.12. The van der Waals surface area contributed by atoms with Gasteiger partial charge in [0, 0.05) is 31.9 Å². The molecule has 2 amide bonds. The number of carbonyl (C=O) groups excluding carboxylic acids is 1. The summed E-state index contributed by atoms with van der Waals surface area (Å²) >= 11 is 0. The van der Waals surface area contributed by atoms with Crippen molar-refractivity contribution in [2.24, 2.45) is 7.05 Å². The minimum atomic E-state index is -0.258. The third-order valence-corrected chi connectivity index (χ3v) is 5.19. The summed E-state index contributed by atoms with van der Waals surface area (Å²) in [6, 6.07) is 18.1. The SMILES string of the molecule is Cn1cc(-c2ccccc2)c(NC(=O)NCc2cccc(CN3CCCC3)c2)n1. The van der Waals surface area contributed by atoms with Crippen molar-refractivity contribution < 1.29 is 4.79 Å². The maximum absolute atomic E-state index is 12.5. The van der Waals surface area contributed by atoms with Gasteiger partial charge in [0.2, 0.25) is 0 Å². The molecular formula is C23H27N5O. The number of aromatic nitrogens is 2. The smallest absolute Gasteiger partial charge is 0.320 e. The van der Waals surface area contributed by atoms with E-state index in [-0.39, 0.29) is 6.03 Å². The van der Waals surface area contributed by atoms with E-state index in [9.17, 15) is 4.79 Å².